The van der Waals surface area contributed by atoms with Gasteiger partial charge in [-0.3, -0.25) is 9.59 Å². The number of carbonyl (C=O) groups excluding carboxylic acids is 4. The molecule has 1 radical (unpaired) electrons. The largest absolute Gasteiger partial charge is 0.393 e. The molecule has 1 saturated carbocycles. The summed E-state index contributed by atoms with van der Waals surface area (Å²) in [5.74, 6) is -2.94. The SMILES string of the molecule is O=C1[B]C(=O)C2CC3C(=O)OC(=O)C3CC12. The molecule has 4 unspecified atom stereocenters. The van der Waals surface area contributed by atoms with Crippen LogP contribution in [0.5, 0.6) is 0 Å². The van der Waals surface area contributed by atoms with E-state index in [1.165, 1.54) is 0 Å². The van der Waals surface area contributed by atoms with E-state index >= 15 is 0 Å². The molecule has 0 N–H and O–H groups in total. The first-order valence-corrected chi connectivity index (χ1v) is 5.26. The van der Waals surface area contributed by atoms with Crippen LogP contribution in [0, 0.1) is 23.7 Å². The lowest BCUT2D eigenvalue weighted by atomic mass is 9.70. The number of ether oxygens (including phenoxy) is 1. The fourth-order valence-electron chi connectivity index (χ4n) is 2.96. The van der Waals surface area contributed by atoms with Gasteiger partial charge in [-0.25, -0.2) is 0 Å². The predicted molar refractivity (Wildman–Crippen MR) is 50.1 cm³/mol. The summed E-state index contributed by atoms with van der Waals surface area (Å²) in [6.07, 6.45) is 0.558. The highest BCUT2D eigenvalue weighted by molar-refractivity contribution is 7.00. The average Bonchev–Trinajstić information content (AvgIpc) is 2.67. The monoisotopic (exact) mass is 219 g/mol. The van der Waals surface area contributed by atoms with E-state index in [-0.39, 0.29) is 24.2 Å². The van der Waals surface area contributed by atoms with Crippen LogP contribution in [-0.2, 0) is 23.9 Å². The Morgan fingerprint density at radius 2 is 1.25 bits per heavy atom. The molecule has 2 saturated heterocycles. The molecule has 0 aromatic carbocycles. The number of carbonyl (C=O) groups is 4. The molecule has 5 nitrogen and oxygen atoms in total. The highest BCUT2D eigenvalue weighted by Crippen LogP contribution is 2.45. The summed E-state index contributed by atoms with van der Waals surface area (Å²) < 4.78 is 4.53. The van der Waals surface area contributed by atoms with Crippen molar-refractivity contribution in [3.63, 3.8) is 0 Å². The minimum atomic E-state index is -0.541. The number of fused-ring (bicyclic) bond motifs is 2. The molecule has 6 heteroatoms. The molecule has 81 valence electrons. The second-order valence-electron chi connectivity index (χ2n) is 4.59. The van der Waals surface area contributed by atoms with Gasteiger partial charge in [0.2, 0.25) is 0 Å². The normalized spacial score (nSPS) is 41.5. The molecule has 4 atom stereocenters. The standard InChI is InChI=1S/C10H8BO5/c12-7-3-1-5-6(10(15)16-9(5)14)2-4(3)8(13)11-7/h3-6H,1-2H2. The van der Waals surface area contributed by atoms with Crippen molar-refractivity contribution < 1.29 is 23.9 Å². The zero-order valence-electron chi connectivity index (χ0n) is 8.34. The van der Waals surface area contributed by atoms with Gasteiger partial charge in [-0.05, 0) is 12.8 Å². The summed E-state index contributed by atoms with van der Waals surface area (Å²) >= 11 is 0. The van der Waals surface area contributed by atoms with Crippen LogP contribution in [0.1, 0.15) is 12.8 Å². The van der Waals surface area contributed by atoms with Crippen LogP contribution in [0.3, 0.4) is 0 Å². The first-order chi connectivity index (χ1) is 7.58. The average molecular weight is 219 g/mol. The molecule has 0 aromatic heterocycles. The lowest BCUT2D eigenvalue weighted by Crippen LogP contribution is -2.35. The molecule has 0 aromatic rings. The van der Waals surface area contributed by atoms with Gasteiger partial charge in [0, 0.05) is 11.8 Å². The Balaban J connectivity index is 1.92. The first kappa shape index (κ1) is 9.75. The van der Waals surface area contributed by atoms with Gasteiger partial charge < -0.3 is 14.3 Å². The van der Waals surface area contributed by atoms with Crippen molar-refractivity contribution >= 4 is 30.6 Å². The van der Waals surface area contributed by atoms with Gasteiger partial charge in [-0.15, -0.1) is 0 Å². The van der Waals surface area contributed by atoms with Crippen LogP contribution >= 0.6 is 0 Å². The summed E-state index contributed by atoms with van der Waals surface area (Å²) in [4.78, 5) is 45.7. The fourth-order valence-corrected chi connectivity index (χ4v) is 2.96. The smallest absolute Gasteiger partial charge is 0.317 e. The molecule has 3 fully saturated rings. The Morgan fingerprint density at radius 1 is 0.812 bits per heavy atom. The van der Waals surface area contributed by atoms with Crippen molar-refractivity contribution in [2.24, 2.45) is 23.7 Å². The van der Waals surface area contributed by atoms with Crippen molar-refractivity contribution in [2.45, 2.75) is 12.8 Å². The minimum absolute atomic E-state index is 0.208. The molecule has 3 rings (SSSR count). The zero-order chi connectivity index (χ0) is 11.4. The number of esters is 2. The highest BCUT2D eigenvalue weighted by Gasteiger charge is 2.56. The molecule has 0 bridgehead atoms. The Morgan fingerprint density at radius 3 is 1.69 bits per heavy atom. The molecule has 2 aliphatic heterocycles. The summed E-state index contributed by atoms with van der Waals surface area (Å²) in [5.41, 5.74) is -0.416. The van der Waals surface area contributed by atoms with E-state index in [4.69, 9.17) is 0 Å². The Kier molecular flexibility index (Phi) is 1.84. The fraction of sp³-hybridized carbons (Fsp3) is 0.600. The van der Waals surface area contributed by atoms with E-state index in [1.54, 1.807) is 0 Å². The van der Waals surface area contributed by atoms with Crippen molar-refractivity contribution in [2.75, 3.05) is 0 Å². The van der Waals surface area contributed by atoms with E-state index in [0.717, 1.165) is 7.28 Å². The third-order valence-electron chi connectivity index (χ3n) is 3.81. The third kappa shape index (κ3) is 1.13. The van der Waals surface area contributed by atoms with Crippen LogP contribution < -0.4 is 0 Å². The minimum Gasteiger partial charge on any atom is -0.393 e. The number of cyclic esters (lactones) is 2. The van der Waals surface area contributed by atoms with Gasteiger partial charge in [0.25, 0.3) is 7.28 Å². The molecule has 2 heterocycles. The quantitative estimate of drug-likeness (QED) is 0.299. The van der Waals surface area contributed by atoms with Gasteiger partial charge in [0.15, 0.2) is 0 Å². The maximum Gasteiger partial charge on any atom is 0.317 e. The van der Waals surface area contributed by atoms with Crippen LogP contribution in [0.4, 0.5) is 0 Å². The number of hydrogen-bond donors (Lipinski definition) is 0. The van der Waals surface area contributed by atoms with Crippen LogP contribution in [0.25, 0.3) is 0 Å². The Bertz CT molecular complexity index is 353. The maximum absolute atomic E-state index is 11.5. The maximum atomic E-state index is 11.5. The van der Waals surface area contributed by atoms with E-state index in [9.17, 15) is 19.2 Å². The van der Waals surface area contributed by atoms with Crippen molar-refractivity contribution in [3.8, 4) is 0 Å². The topological polar surface area (TPSA) is 77.5 Å². The van der Waals surface area contributed by atoms with E-state index in [2.05, 4.69) is 4.74 Å². The summed E-state index contributed by atoms with van der Waals surface area (Å²) in [5, 5.41) is 0. The number of hydrogen-bond acceptors (Lipinski definition) is 5. The summed E-state index contributed by atoms with van der Waals surface area (Å²) in [6.45, 7) is 0. The van der Waals surface area contributed by atoms with Gasteiger partial charge in [-0.1, -0.05) is 0 Å². The zero-order valence-corrected chi connectivity index (χ0v) is 8.34. The summed E-state index contributed by atoms with van der Waals surface area (Å²) in [6, 6.07) is 0. The highest BCUT2D eigenvalue weighted by atomic mass is 16.6. The number of rotatable bonds is 0. The van der Waals surface area contributed by atoms with E-state index in [0.29, 0.717) is 0 Å². The lowest BCUT2D eigenvalue weighted by Gasteiger charge is -2.29. The molecule has 16 heavy (non-hydrogen) atoms. The van der Waals surface area contributed by atoms with Crippen molar-refractivity contribution in [3.05, 3.63) is 0 Å². The summed E-state index contributed by atoms with van der Waals surface area (Å²) in [7, 11) is 1.10. The van der Waals surface area contributed by atoms with Crippen LogP contribution in [0.2, 0.25) is 0 Å². The predicted octanol–water partition coefficient (Wildman–Crippen LogP) is -0.901. The van der Waals surface area contributed by atoms with Gasteiger partial charge in [0.1, 0.15) is 0 Å². The molecule has 0 amide bonds. The molecule has 1 aliphatic carbocycles. The Hall–Kier alpha value is -1.46. The second-order valence-corrected chi connectivity index (χ2v) is 4.59. The first-order valence-electron chi connectivity index (χ1n) is 5.26. The Labute approximate surface area is 91.8 Å². The molecular weight excluding hydrogens is 211 g/mol. The third-order valence-corrected chi connectivity index (χ3v) is 3.81. The van der Waals surface area contributed by atoms with Gasteiger partial charge >= 0.3 is 11.9 Å². The van der Waals surface area contributed by atoms with Gasteiger partial charge in [-0.2, -0.15) is 0 Å². The molecular formula is C10H8BO5. The van der Waals surface area contributed by atoms with Crippen LogP contribution in [-0.4, -0.2) is 30.6 Å². The molecule has 0 spiro atoms. The lowest BCUT2D eigenvalue weighted by molar-refractivity contribution is -0.153. The van der Waals surface area contributed by atoms with Crippen molar-refractivity contribution in [1.82, 2.24) is 0 Å². The van der Waals surface area contributed by atoms with Crippen molar-refractivity contribution in [1.29, 1.82) is 0 Å². The van der Waals surface area contributed by atoms with E-state index < -0.39 is 35.6 Å². The molecule has 3 aliphatic rings. The second kappa shape index (κ2) is 3.03. The van der Waals surface area contributed by atoms with E-state index in [1.807, 2.05) is 0 Å². The van der Waals surface area contributed by atoms with Gasteiger partial charge in [0.05, 0.1) is 23.2 Å². The van der Waals surface area contributed by atoms with Crippen LogP contribution in [0.15, 0.2) is 0 Å².